The molecule has 2 aliphatic heterocycles. The molecule has 1 unspecified atom stereocenters. The van der Waals surface area contributed by atoms with E-state index in [1.54, 1.807) is 12.3 Å². The topological polar surface area (TPSA) is 109 Å². The van der Waals surface area contributed by atoms with E-state index < -0.39 is 12.2 Å². The largest absolute Gasteiger partial charge is 0.508 e. The number of hydroxylamine groups is 1. The molecule has 1 aromatic carbocycles. The normalized spacial score (nSPS) is 22.9. The van der Waals surface area contributed by atoms with Gasteiger partial charge in [-0.05, 0) is 43.5 Å². The third-order valence-corrected chi connectivity index (χ3v) is 5.74. The van der Waals surface area contributed by atoms with Gasteiger partial charge in [-0.3, -0.25) is 4.79 Å². The highest BCUT2D eigenvalue weighted by molar-refractivity contribution is 5.98. The Bertz CT molecular complexity index is 924. The van der Waals surface area contributed by atoms with Crippen molar-refractivity contribution >= 4 is 17.5 Å². The van der Waals surface area contributed by atoms with Gasteiger partial charge in [0.15, 0.2) is 12.1 Å². The van der Waals surface area contributed by atoms with Crippen LogP contribution in [-0.2, 0) is 20.8 Å². The van der Waals surface area contributed by atoms with E-state index in [4.69, 9.17) is 9.57 Å². The van der Waals surface area contributed by atoms with Crippen molar-refractivity contribution in [3.05, 3.63) is 54.9 Å². The van der Waals surface area contributed by atoms with Crippen molar-refractivity contribution in [1.29, 1.82) is 0 Å². The summed E-state index contributed by atoms with van der Waals surface area (Å²) in [7, 11) is 0. The van der Waals surface area contributed by atoms with Gasteiger partial charge in [-0.1, -0.05) is 24.8 Å². The second-order valence-corrected chi connectivity index (χ2v) is 8.14. The number of hydrogen-bond donors (Lipinski definition) is 3. The lowest BCUT2D eigenvalue weighted by molar-refractivity contribution is -0.176. The van der Waals surface area contributed by atoms with Crippen LogP contribution < -0.4 is 15.7 Å². The van der Waals surface area contributed by atoms with Crippen LogP contribution in [0.1, 0.15) is 31.2 Å². The summed E-state index contributed by atoms with van der Waals surface area (Å²) in [4.78, 5) is 27.0. The molecule has 3 N–H and O–H groups in total. The Morgan fingerprint density at radius 3 is 2.91 bits per heavy atom. The highest BCUT2D eigenvalue weighted by Gasteiger charge is 2.35. The number of aromatic hydroxyl groups is 1. The molecule has 2 aromatic rings. The molecule has 0 bridgehead atoms. The summed E-state index contributed by atoms with van der Waals surface area (Å²) < 4.78 is 5.58. The first-order chi connectivity index (χ1) is 15.6. The molecule has 1 amide bonds. The van der Waals surface area contributed by atoms with Gasteiger partial charge in [0.05, 0.1) is 17.9 Å². The molecule has 9 nitrogen and oxygen atoms in total. The Morgan fingerprint density at radius 2 is 2.25 bits per heavy atom. The molecule has 2 fully saturated rings. The Labute approximate surface area is 187 Å². The third kappa shape index (κ3) is 5.24. The van der Waals surface area contributed by atoms with Crippen molar-refractivity contribution in [2.24, 2.45) is 0 Å². The number of phenolic OH excluding ortho intramolecular Hbond substituents is 1. The predicted octanol–water partition coefficient (Wildman–Crippen LogP) is 2.55. The van der Waals surface area contributed by atoms with Crippen LogP contribution in [0.15, 0.2) is 49.3 Å². The maximum absolute atomic E-state index is 12.3. The molecule has 3 heterocycles. The zero-order chi connectivity index (χ0) is 22.4. The van der Waals surface area contributed by atoms with Crippen LogP contribution >= 0.6 is 0 Å². The Balaban J connectivity index is 1.49. The summed E-state index contributed by atoms with van der Waals surface area (Å²) in [5.41, 5.74) is 0.565. The molecule has 0 spiro atoms. The second kappa shape index (κ2) is 10.1. The van der Waals surface area contributed by atoms with Crippen LogP contribution in [-0.4, -0.2) is 52.5 Å². The highest BCUT2D eigenvalue weighted by atomic mass is 16.8. The van der Waals surface area contributed by atoms with Crippen LogP contribution in [0.25, 0.3) is 0 Å². The first kappa shape index (κ1) is 22.2. The van der Waals surface area contributed by atoms with Gasteiger partial charge in [0.1, 0.15) is 11.6 Å². The van der Waals surface area contributed by atoms with Crippen LogP contribution in [0.5, 0.6) is 5.75 Å². The fourth-order valence-electron chi connectivity index (χ4n) is 4.05. The minimum atomic E-state index is -0.501. The summed E-state index contributed by atoms with van der Waals surface area (Å²) in [5.74, 6) is 0.676. The van der Waals surface area contributed by atoms with Crippen LogP contribution in [0, 0.1) is 0 Å². The molecule has 9 heteroatoms. The maximum atomic E-state index is 12.3. The van der Waals surface area contributed by atoms with E-state index >= 15 is 0 Å². The van der Waals surface area contributed by atoms with Gasteiger partial charge >= 0.3 is 0 Å². The molecule has 4 rings (SSSR count). The van der Waals surface area contributed by atoms with Crippen LogP contribution in [0.2, 0.25) is 0 Å². The zero-order valence-electron chi connectivity index (χ0n) is 18.0. The molecule has 32 heavy (non-hydrogen) atoms. The third-order valence-electron chi connectivity index (χ3n) is 5.74. The number of nitrogens with zero attached hydrogens (tertiary/aromatic N) is 3. The average molecular weight is 440 g/mol. The number of ether oxygens (including phenoxy) is 1. The maximum Gasteiger partial charge on any atom is 0.275 e. The average Bonchev–Trinajstić information content (AvgIpc) is 3.28. The van der Waals surface area contributed by atoms with Gasteiger partial charge in [0, 0.05) is 26.0 Å². The number of carbonyl (C=O) groups is 1. The van der Waals surface area contributed by atoms with Crippen LogP contribution in [0.3, 0.4) is 0 Å². The van der Waals surface area contributed by atoms with Gasteiger partial charge in [0.2, 0.25) is 0 Å². The number of hydrogen-bond acceptors (Lipinski definition) is 8. The van der Waals surface area contributed by atoms with E-state index in [1.807, 2.05) is 18.2 Å². The van der Waals surface area contributed by atoms with Gasteiger partial charge in [-0.15, -0.1) is 0 Å². The smallest absolute Gasteiger partial charge is 0.275 e. The van der Waals surface area contributed by atoms with E-state index in [9.17, 15) is 9.90 Å². The molecular formula is C23H29N5O4. The SMILES string of the molecule is C=CC(=O)N(OC1CCCCO1)c1cnc(N[C@]2(Cc3ccccc3O)CCNC2)cn1. The van der Waals surface area contributed by atoms with E-state index in [0.29, 0.717) is 25.3 Å². The van der Waals surface area contributed by atoms with E-state index in [2.05, 4.69) is 27.2 Å². The van der Waals surface area contributed by atoms with Gasteiger partial charge in [-0.2, -0.15) is 5.06 Å². The van der Waals surface area contributed by atoms with E-state index in [0.717, 1.165) is 43.0 Å². The molecular weight excluding hydrogens is 410 g/mol. The summed E-state index contributed by atoms with van der Waals surface area (Å²) in [6.07, 6.45) is 7.90. The van der Waals surface area contributed by atoms with Crippen molar-refractivity contribution in [1.82, 2.24) is 15.3 Å². The number of anilines is 2. The number of carbonyl (C=O) groups excluding carboxylic acids is 1. The fourth-order valence-corrected chi connectivity index (χ4v) is 4.05. The fraction of sp³-hybridized carbons (Fsp3) is 0.435. The van der Waals surface area contributed by atoms with Crippen LogP contribution in [0.4, 0.5) is 11.6 Å². The number of nitrogens with one attached hydrogen (secondary N) is 2. The Hall–Kier alpha value is -3.01. The second-order valence-electron chi connectivity index (χ2n) is 8.14. The Morgan fingerprint density at radius 1 is 1.38 bits per heavy atom. The summed E-state index contributed by atoms with van der Waals surface area (Å²) in [6.45, 7) is 5.74. The number of para-hydroxylation sites is 1. The van der Waals surface area contributed by atoms with Crippen molar-refractivity contribution < 1.29 is 19.5 Å². The van der Waals surface area contributed by atoms with E-state index in [-0.39, 0.29) is 17.1 Å². The summed E-state index contributed by atoms with van der Waals surface area (Å²) >= 11 is 0. The van der Waals surface area contributed by atoms with E-state index in [1.165, 1.54) is 12.3 Å². The first-order valence-corrected chi connectivity index (χ1v) is 10.9. The van der Waals surface area contributed by atoms with Crippen molar-refractivity contribution in [2.75, 3.05) is 30.1 Å². The van der Waals surface area contributed by atoms with Gasteiger partial charge < -0.3 is 20.5 Å². The summed E-state index contributed by atoms with van der Waals surface area (Å²) in [5, 5.41) is 18.2. The molecule has 2 atom stereocenters. The zero-order valence-corrected chi connectivity index (χ0v) is 18.0. The number of rotatable bonds is 8. The molecule has 0 aliphatic carbocycles. The molecule has 2 aliphatic rings. The minimum Gasteiger partial charge on any atom is -0.508 e. The molecule has 0 saturated carbocycles. The number of benzene rings is 1. The van der Waals surface area contributed by atoms with Crippen molar-refractivity contribution in [3.8, 4) is 5.75 Å². The lowest BCUT2D eigenvalue weighted by atomic mass is 9.89. The lowest BCUT2D eigenvalue weighted by Crippen LogP contribution is -2.43. The van der Waals surface area contributed by atoms with Gasteiger partial charge in [0.25, 0.3) is 5.91 Å². The minimum absolute atomic E-state index is 0.258. The van der Waals surface area contributed by atoms with Gasteiger partial charge in [-0.25, -0.2) is 14.8 Å². The number of amides is 1. The van der Waals surface area contributed by atoms with Crippen molar-refractivity contribution in [2.45, 2.75) is 43.9 Å². The molecule has 1 aromatic heterocycles. The number of aromatic nitrogens is 2. The number of phenols is 1. The predicted molar refractivity (Wildman–Crippen MR) is 120 cm³/mol. The Kier molecular flexibility index (Phi) is 6.99. The lowest BCUT2D eigenvalue weighted by Gasteiger charge is -2.31. The monoisotopic (exact) mass is 439 g/mol. The van der Waals surface area contributed by atoms with Crippen molar-refractivity contribution in [3.63, 3.8) is 0 Å². The molecule has 0 radical (unpaired) electrons. The highest BCUT2D eigenvalue weighted by Crippen LogP contribution is 2.29. The molecule has 2 saturated heterocycles. The molecule has 170 valence electrons. The quantitative estimate of drug-likeness (QED) is 0.425. The summed E-state index contributed by atoms with van der Waals surface area (Å²) in [6, 6.07) is 7.35. The first-order valence-electron chi connectivity index (χ1n) is 10.9. The standard InChI is InChI=1S/C23H29N5O4/c1-2-21(30)28(32-22-9-5-6-12-31-22)20-15-25-19(14-26-20)27-23(10-11-24-16-23)13-17-7-3-4-8-18(17)29/h2-4,7-8,14-15,22,24,29H,1,5-6,9-13,16H2,(H,25,27)/t22?,23-/m0/s1.